The summed E-state index contributed by atoms with van der Waals surface area (Å²) in [5.41, 5.74) is 0. The monoisotopic (exact) mass is 199 g/mol. The molecular weight excluding hydrogens is 178 g/mol. The Bertz CT molecular complexity index is 171. The van der Waals surface area contributed by atoms with Crippen LogP contribution < -0.4 is 0 Å². The van der Waals surface area contributed by atoms with E-state index in [-0.39, 0.29) is 5.91 Å². The van der Waals surface area contributed by atoms with Crippen molar-refractivity contribution in [1.82, 2.24) is 4.90 Å². The second-order valence-electron chi connectivity index (χ2n) is 3.86. The first-order chi connectivity index (χ1) is 6.84. The molecule has 3 heteroatoms. The molecule has 0 aromatic heterocycles. The van der Waals surface area contributed by atoms with Gasteiger partial charge in [0, 0.05) is 19.6 Å². The molecule has 1 amide bonds. The molecule has 1 saturated heterocycles. The van der Waals surface area contributed by atoms with Gasteiger partial charge in [-0.2, -0.15) is 0 Å². The van der Waals surface area contributed by atoms with Crippen LogP contribution in [0, 0.1) is 0 Å². The molecule has 0 N–H and O–H groups in total. The Balaban J connectivity index is 1.90. The topological polar surface area (TPSA) is 29.5 Å². The van der Waals surface area contributed by atoms with E-state index in [1.165, 1.54) is 19.3 Å². The van der Waals surface area contributed by atoms with Gasteiger partial charge in [0.05, 0.1) is 0 Å². The smallest absolute Gasteiger partial charge is 0.224 e. The highest BCUT2D eigenvalue weighted by Crippen LogP contribution is 2.09. The van der Waals surface area contributed by atoms with Gasteiger partial charge in [-0.1, -0.05) is 26.2 Å². The summed E-state index contributed by atoms with van der Waals surface area (Å²) >= 11 is 0. The van der Waals surface area contributed by atoms with Crippen molar-refractivity contribution in [2.75, 3.05) is 19.9 Å². The Kier molecular flexibility index (Phi) is 5.60. The molecule has 1 fully saturated rings. The number of carbonyl (C=O) groups is 1. The lowest BCUT2D eigenvalue weighted by atomic mass is 10.2. The average Bonchev–Trinajstić information content (AvgIpc) is 2.58. The van der Waals surface area contributed by atoms with Gasteiger partial charge in [-0.25, -0.2) is 0 Å². The molecule has 0 spiro atoms. The highest BCUT2D eigenvalue weighted by atomic mass is 16.5. The molecule has 1 heterocycles. The first-order valence-electron chi connectivity index (χ1n) is 5.70. The molecule has 1 aliphatic heterocycles. The zero-order chi connectivity index (χ0) is 10.2. The predicted molar refractivity (Wildman–Crippen MR) is 55.9 cm³/mol. The summed E-state index contributed by atoms with van der Waals surface area (Å²) in [4.78, 5) is 13.0. The Labute approximate surface area is 86.4 Å². The van der Waals surface area contributed by atoms with E-state index in [0.717, 1.165) is 26.0 Å². The van der Waals surface area contributed by atoms with Gasteiger partial charge >= 0.3 is 0 Å². The van der Waals surface area contributed by atoms with Crippen molar-refractivity contribution in [3.8, 4) is 0 Å². The van der Waals surface area contributed by atoms with Gasteiger partial charge in [0.25, 0.3) is 0 Å². The zero-order valence-corrected chi connectivity index (χ0v) is 9.13. The third-order valence-electron chi connectivity index (χ3n) is 2.56. The van der Waals surface area contributed by atoms with Gasteiger partial charge in [-0.05, 0) is 12.8 Å². The first kappa shape index (κ1) is 11.5. The Hall–Kier alpha value is -0.570. The van der Waals surface area contributed by atoms with Crippen molar-refractivity contribution in [3.63, 3.8) is 0 Å². The van der Waals surface area contributed by atoms with Crippen molar-refractivity contribution < 1.29 is 9.53 Å². The van der Waals surface area contributed by atoms with Crippen LogP contribution >= 0.6 is 0 Å². The standard InChI is InChI=1S/C11H21NO2/c1-2-3-4-5-9-14-10-12-8-6-7-11(12)13/h2-10H2,1H3. The molecule has 0 aromatic rings. The Morgan fingerprint density at radius 2 is 2.21 bits per heavy atom. The van der Waals surface area contributed by atoms with Crippen LogP contribution in [0.15, 0.2) is 0 Å². The number of ether oxygens (including phenoxy) is 1. The van der Waals surface area contributed by atoms with Gasteiger partial charge in [-0.15, -0.1) is 0 Å². The van der Waals surface area contributed by atoms with Gasteiger partial charge in [0.2, 0.25) is 5.91 Å². The van der Waals surface area contributed by atoms with Crippen molar-refractivity contribution >= 4 is 5.91 Å². The molecule has 82 valence electrons. The number of amides is 1. The lowest BCUT2D eigenvalue weighted by molar-refractivity contribution is -0.132. The fourth-order valence-electron chi connectivity index (χ4n) is 1.65. The highest BCUT2D eigenvalue weighted by molar-refractivity contribution is 5.77. The summed E-state index contributed by atoms with van der Waals surface area (Å²) in [7, 11) is 0. The number of nitrogens with zero attached hydrogens (tertiary/aromatic N) is 1. The van der Waals surface area contributed by atoms with E-state index in [0.29, 0.717) is 13.2 Å². The molecule has 0 bridgehead atoms. The van der Waals surface area contributed by atoms with Crippen LogP contribution in [-0.4, -0.2) is 30.7 Å². The summed E-state index contributed by atoms with van der Waals surface area (Å²) in [5, 5.41) is 0. The molecule has 0 unspecified atom stereocenters. The second-order valence-corrected chi connectivity index (χ2v) is 3.86. The Morgan fingerprint density at radius 3 is 2.86 bits per heavy atom. The maximum Gasteiger partial charge on any atom is 0.224 e. The number of carbonyl (C=O) groups excluding carboxylic acids is 1. The molecule has 0 atom stereocenters. The molecule has 0 aromatic carbocycles. The van der Waals surface area contributed by atoms with E-state index in [1.807, 2.05) is 0 Å². The van der Waals surface area contributed by atoms with Gasteiger partial charge in [-0.3, -0.25) is 4.79 Å². The maximum atomic E-state index is 11.2. The second kappa shape index (κ2) is 6.82. The van der Waals surface area contributed by atoms with Crippen LogP contribution in [0.3, 0.4) is 0 Å². The summed E-state index contributed by atoms with van der Waals surface area (Å²) in [6.45, 7) is 4.38. The van der Waals surface area contributed by atoms with Crippen molar-refractivity contribution in [1.29, 1.82) is 0 Å². The molecule has 0 radical (unpaired) electrons. The molecule has 1 aliphatic rings. The SMILES string of the molecule is CCCCCCOCN1CCCC1=O. The summed E-state index contributed by atoms with van der Waals surface area (Å²) < 4.78 is 5.44. The van der Waals surface area contributed by atoms with Crippen LogP contribution in [0.1, 0.15) is 45.4 Å². The van der Waals surface area contributed by atoms with Crippen molar-refractivity contribution in [3.05, 3.63) is 0 Å². The van der Waals surface area contributed by atoms with Gasteiger partial charge in [0.1, 0.15) is 6.73 Å². The minimum atomic E-state index is 0.249. The summed E-state index contributed by atoms with van der Waals surface area (Å²) in [5.74, 6) is 0.249. The van der Waals surface area contributed by atoms with Crippen LogP contribution in [0.25, 0.3) is 0 Å². The highest BCUT2D eigenvalue weighted by Gasteiger charge is 2.19. The molecule has 1 rings (SSSR count). The number of hydrogen-bond acceptors (Lipinski definition) is 2. The zero-order valence-electron chi connectivity index (χ0n) is 9.13. The Morgan fingerprint density at radius 1 is 1.36 bits per heavy atom. The minimum absolute atomic E-state index is 0.249. The van der Waals surface area contributed by atoms with Crippen LogP contribution in [0.4, 0.5) is 0 Å². The van der Waals surface area contributed by atoms with Crippen LogP contribution in [0.2, 0.25) is 0 Å². The minimum Gasteiger partial charge on any atom is -0.361 e. The predicted octanol–water partition coefficient (Wildman–Crippen LogP) is 2.16. The lowest BCUT2D eigenvalue weighted by Crippen LogP contribution is -2.27. The summed E-state index contributed by atoms with van der Waals surface area (Å²) in [6.07, 6.45) is 6.61. The fraction of sp³-hybridized carbons (Fsp3) is 0.909. The quantitative estimate of drug-likeness (QED) is 0.588. The lowest BCUT2D eigenvalue weighted by Gasteiger charge is -2.15. The average molecular weight is 199 g/mol. The largest absolute Gasteiger partial charge is 0.361 e. The van der Waals surface area contributed by atoms with Crippen molar-refractivity contribution in [2.24, 2.45) is 0 Å². The van der Waals surface area contributed by atoms with E-state index >= 15 is 0 Å². The fourth-order valence-corrected chi connectivity index (χ4v) is 1.65. The van der Waals surface area contributed by atoms with Crippen molar-refractivity contribution in [2.45, 2.75) is 45.4 Å². The summed E-state index contributed by atoms with van der Waals surface area (Å²) in [6, 6.07) is 0. The molecule has 14 heavy (non-hydrogen) atoms. The van der Waals surface area contributed by atoms with Gasteiger partial charge < -0.3 is 9.64 Å². The van der Waals surface area contributed by atoms with E-state index in [9.17, 15) is 4.79 Å². The van der Waals surface area contributed by atoms with E-state index in [4.69, 9.17) is 4.74 Å². The third-order valence-corrected chi connectivity index (χ3v) is 2.56. The van der Waals surface area contributed by atoms with Crippen LogP contribution in [0.5, 0.6) is 0 Å². The molecular formula is C11H21NO2. The number of unbranched alkanes of at least 4 members (excludes halogenated alkanes) is 3. The maximum absolute atomic E-state index is 11.2. The molecule has 0 saturated carbocycles. The number of hydrogen-bond donors (Lipinski definition) is 0. The normalized spacial score (nSPS) is 16.6. The molecule has 0 aliphatic carbocycles. The van der Waals surface area contributed by atoms with E-state index in [2.05, 4.69) is 6.92 Å². The van der Waals surface area contributed by atoms with Gasteiger partial charge in [0.15, 0.2) is 0 Å². The number of rotatable bonds is 7. The van der Waals surface area contributed by atoms with E-state index < -0.39 is 0 Å². The number of likely N-dealkylation sites (tertiary alicyclic amines) is 1. The van der Waals surface area contributed by atoms with Crippen LogP contribution in [-0.2, 0) is 9.53 Å². The third kappa shape index (κ3) is 4.09. The first-order valence-corrected chi connectivity index (χ1v) is 5.70. The van der Waals surface area contributed by atoms with E-state index in [1.54, 1.807) is 4.90 Å². The molecule has 3 nitrogen and oxygen atoms in total.